The van der Waals surface area contributed by atoms with E-state index in [1.54, 1.807) is 78.9 Å². The zero-order valence-electron chi connectivity index (χ0n) is 102. The van der Waals surface area contributed by atoms with Gasteiger partial charge in [0.05, 0.1) is 50.9 Å². The van der Waals surface area contributed by atoms with Crippen molar-refractivity contribution in [3.8, 4) is 123 Å². The van der Waals surface area contributed by atoms with Crippen molar-refractivity contribution in [2.24, 2.45) is 0 Å². The van der Waals surface area contributed by atoms with E-state index in [0.29, 0.717) is 55.4 Å². The van der Waals surface area contributed by atoms with Crippen molar-refractivity contribution in [1.82, 2.24) is 4.98 Å². The van der Waals surface area contributed by atoms with Crippen LogP contribution in [0, 0.1) is 6.92 Å². The van der Waals surface area contributed by atoms with E-state index in [0.717, 1.165) is 76.9 Å². The van der Waals surface area contributed by atoms with Crippen molar-refractivity contribution in [3.05, 3.63) is 478 Å². The molecule has 0 N–H and O–H groups in total. The lowest BCUT2D eigenvalue weighted by Crippen LogP contribution is -1.92. The molecule has 130 heavy (non-hydrogen) atoms. The summed E-state index contributed by atoms with van der Waals surface area (Å²) in [6, 6.07) is 67.0. The Morgan fingerprint density at radius 3 is 1.05 bits per heavy atom. The number of nitrogens with zero attached hydrogens (tertiary/aromatic N) is 1. The van der Waals surface area contributed by atoms with Crippen molar-refractivity contribution in [2.45, 2.75) is 6.92 Å². The smallest absolute Gasteiger partial charge is 0.136 e. The fraction of sp³-hybridized carbons (Fsp3) is 0.00794. The quantitative estimate of drug-likeness (QED) is 0.121. The maximum atomic E-state index is 9.33. The van der Waals surface area contributed by atoms with Crippen LogP contribution in [-0.2, 0) is 0 Å². The number of pyridine rings is 1. The normalized spacial score (nSPS) is 15.1. The summed E-state index contributed by atoms with van der Waals surface area (Å²) in [7, 11) is 0. The van der Waals surface area contributed by atoms with Crippen molar-refractivity contribution in [3.63, 3.8) is 0 Å². The Bertz CT molecular complexity index is 10800. The summed E-state index contributed by atoms with van der Waals surface area (Å²) in [6.07, 6.45) is 1.52. The van der Waals surface area contributed by atoms with Gasteiger partial charge in [0.1, 0.15) is 33.5 Å². The van der Waals surface area contributed by atoms with Crippen LogP contribution in [-0.4, -0.2) is 4.98 Å². The third-order valence-corrected chi connectivity index (χ3v) is 23.7. The molecular weight excluding hydrogens is 1580 g/mol. The molecule has 0 bridgehead atoms. The van der Waals surface area contributed by atoms with E-state index < -0.39 is 114 Å². The first-order valence-electron chi connectivity index (χ1n) is 58.3. The van der Waals surface area contributed by atoms with Gasteiger partial charge >= 0.3 is 0 Å². The van der Waals surface area contributed by atoms with Crippen LogP contribution in [0.4, 0.5) is 0 Å². The van der Waals surface area contributed by atoms with Crippen LogP contribution in [0.2, 0.25) is 0 Å². The summed E-state index contributed by atoms with van der Waals surface area (Å²) < 4.78 is 313. The molecule has 0 aliphatic carbocycles. The zero-order valence-corrected chi connectivity index (χ0v) is 68.7. The van der Waals surface area contributed by atoms with Crippen LogP contribution in [0.1, 0.15) is 50.8 Å². The van der Waals surface area contributed by atoms with Crippen molar-refractivity contribution in [1.29, 1.82) is 0 Å². The highest BCUT2D eigenvalue weighted by Gasteiger charge is 2.25. The average molecular weight is 1690 g/mol. The summed E-state index contributed by atoms with van der Waals surface area (Å²) in [4.78, 5) is 4.56. The minimum Gasteiger partial charge on any atom is -0.456 e. The zero-order chi connectivity index (χ0) is 115. The number of benzene rings is 22. The Hall–Kier alpha value is -17.1. The van der Waals surface area contributed by atoms with Crippen LogP contribution in [0.3, 0.4) is 0 Å². The molecule has 0 amide bonds. The predicted octanol–water partition coefficient (Wildman–Crippen LogP) is 35.7. The maximum absolute atomic E-state index is 9.33. The lowest BCUT2D eigenvalue weighted by atomic mass is 9.85. The minimum atomic E-state index is -0.773. The molecule has 4 heteroatoms. The molecule has 26 aromatic rings. The molecule has 4 aromatic heterocycles. The molecule has 26 rings (SSSR count). The largest absolute Gasteiger partial charge is 0.456 e. The van der Waals surface area contributed by atoms with Crippen molar-refractivity contribution < 1.29 is 58.5 Å². The lowest BCUT2D eigenvalue weighted by molar-refractivity contribution is 0.668. The topological polar surface area (TPSA) is 52.3 Å². The second-order valence-electron chi connectivity index (χ2n) is 31.1. The van der Waals surface area contributed by atoms with Gasteiger partial charge in [-0.2, -0.15) is 0 Å². The van der Waals surface area contributed by atoms with Gasteiger partial charge in [0, 0.05) is 49.6 Å². The number of hydrogen-bond donors (Lipinski definition) is 0. The molecule has 0 aliphatic rings. The van der Waals surface area contributed by atoms with Crippen LogP contribution in [0.25, 0.3) is 253 Å². The summed E-state index contributed by atoms with van der Waals surface area (Å²) in [5.41, 5.74) is 10.5. The van der Waals surface area contributed by atoms with E-state index in [9.17, 15) is 15.1 Å². The van der Waals surface area contributed by atoms with Gasteiger partial charge in [0.15, 0.2) is 0 Å². The van der Waals surface area contributed by atoms with E-state index in [1.807, 2.05) is 146 Å². The molecule has 0 saturated heterocycles. The number of fused-ring (bicyclic) bond motifs is 15. The number of aromatic nitrogens is 1. The van der Waals surface area contributed by atoms with E-state index in [2.05, 4.69) is 35.3 Å². The Labute approximate surface area is 798 Å². The van der Waals surface area contributed by atoms with Crippen molar-refractivity contribution in [2.75, 3.05) is 0 Å². The summed E-state index contributed by atoms with van der Waals surface area (Å²) >= 11 is 0. The molecule has 0 spiro atoms. The SMILES string of the molecule is [2H]c1c([2H])c(-c2c3ccccc3c(-c3ccccc3)c3ccccc23)c([2H])c([2H])c1-c1c([2H])c([2H])c2oc3ccccc3c2c1[2H].[2H]c1c([2H])c([2H])c(-c2c3c([2H])c([2H])c([2H])c([2H])c3c(-c3ccc(-c4c([2H])c([2H])c5oc6c([2H])c([2H])c(C)c([2H])c6c5c4-c4ccccn4)cc3)c3c([2H])c([2H])c([2H])c([2H])c23)c([2H])c1[2H].[2H]c1c([2H])c([2H])c2c(-c3ccc(-c4ccc5oc6ccccc6c5c4-c4ccccc4)cc3)c3c([2H])c([2H])c([2H])c([2H])c3c(-c3ccccc3)c2c1[2H]. The molecule has 0 atom stereocenters. The summed E-state index contributed by atoms with van der Waals surface area (Å²) in [5.74, 6) is 0. The van der Waals surface area contributed by atoms with Gasteiger partial charge in [-0.3, -0.25) is 4.98 Å². The maximum Gasteiger partial charge on any atom is 0.136 e. The summed E-state index contributed by atoms with van der Waals surface area (Å²) in [5, 5.41) is 6.23. The van der Waals surface area contributed by atoms with Gasteiger partial charge in [-0.1, -0.05) is 405 Å². The molecule has 0 radical (unpaired) electrons. The third-order valence-electron chi connectivity index (χ3n) is 23.7. The van der Waals surface area contributed by atoms with Crippen LogP contribution >= 0.6 is 0 Å². The Balaban J connectivity index is 0.000000129. The first-order chi connectivity index (χ1) is 78.2. The molecule has 22 aromatic carbocycles. The fourth-order valence-corrected chi connectivity index (χ4v) is 18.1. The Kier molecular flexibility index (Phi) is 12.4. The monoisotopic (exact) mass is 1690 g/mol. The molecule has 0 unspecified atom stereocenters. The molecular formula is C126H81NO3. The first kappa shape index (κ1) is 49.6. The Morgan fingerprint density at radius 1 is 0.185 bits per heavy atom. The highest BCUT2D eigenvalue weighted by Crippen LogP contribution is 2.51. The average Bonchev–Trinajstić information content (AvgIpc) is 1.51. The number of para-hydroxylation sites is 2. The highest BCUT2D eigenvalue weighted by molar-refractivity contribution is 6.26. The Morgan fingerprint density at radius 2 is 0.538 bits per heavy atom. The van der Waals surface area contributed by atoms with Crippen LogP contribution in [0.5, 0.6) is 0 Å². The van der Waals surface area contributed by atoms with E-state index >= 15 is 0 Å². The van der Waals surface area contributed by atoms with Crippen LogP contribution < -0.4 is 0 Å². The van der Waals surface area contributed by atoms with E-state index in [1.165, 1.54) is 25.3 Å². The fourth-order valence-electron chi connectivity index (χ4n) is 18.1. The number of rotatable bonds is 11. The van der Waals surface area contributed by atoms with E-state index in [4.69, 9.17) is 43.4 Å². The second-order valence-corrected chi connectivity index (χ2v) is 31.1. The van der Waals surface area contributed by atoms with Gasteiger partial charge in [0.2, 0.25) is 0 Å². The van der Waals surface area contributed by atoms with Crippen molar-refractivity contribution >= 4 is 130 Å². The van der Waals surface area contributed by atoms with Gasteiger partial charge < -0.3 is 13.3 Å². The molecule has 0 aliphatic heterocycles. The van der Waals surface area contributed by atoms with Gasteiger partial charge in [-0.25, -0.2) is 0 Å². The predicted molar refractivity (Wildman–Crippen MR) is 549 cm³/mol. The minimum absolute atomic E-state index is 0.0799. The first-order valence-corrected chi connectivity index (χ1v) is 41.8. The van der Waals surface area contributed by atoms with E-state index in [-0.39, 0.29) is 212 Å². The number of furan rings is 3. The van der Waals surface area contributed by atoms with Crippen LogP contribution in [0.15, 0.2) is 486 Å². The molecule has 0 fully saturated rings. The molecule has 4 nitrogen and oxygen atoms in total. The highest BCUT2D eigenvalue weighted by atomic mass is 16.3. The lowest BCUT2D eigenvalue weighted by Gasteiger charge is -2.18. The molecule has 4 heterocycles. The summed E-state index contributed by atoms with van der Waals surface area (Å²) in [6.45, 7) is 1.53. The standard InChI is InChI=1S/C44H29NO.C44H28O.C38H24O/c1-28-18-24-39-37(27-28)44-40(46-39)25-23-32(43(44)38-17-9-10-26-45-38)29-19-21-31(22-20-29)42-35-15-7-5-13-33(35)41(30-11-3-2-4-12-30)34-14-6-8-16-36(34)42;1-3-13-30(14-4-1)41-34-17-7-9-19-36(34)42(37-20-10-8-18-35(37)41)32-25-23-29(24-26-32)33-27-28-40-44(38-21-11-12-22-39(38)45-40)43(33)31-15-5-2-6-16-31;1-2-10-26(11-3-1)37-30-13-4-6-15-32(30)38(33-16-7-5-14-31(33)37)27-20-18-25(19-21-27)28-22-23-36-34(24-28)29-12-8-9-17-35(29)39-36/h2-27H,1H3;1-28H;1-24H/i2D,3D,4D,5D,6D,7D,8D,11D,12D,13D,14D,15D,16D,18D,23D,24D,25D,27D;7D,8D,9D,10D,17D,18D,19D,20D;18D,19D,20D,21D,22D,23D,24D. The third kappa shape index (κ3) is 13.4. The van der Waals surface area contributed by atoms with Gasteiger partial charge in [-0.05, 0) is 244 Å². The molecule has 608 valence electrons. The van der Waals surface area contributed by atoms with Gasteiger partial charge in [0.25, 0.3) is 0 Å². The van der Waals surface area contributed by atoms with Gasteiger partial charge in [-0.15, -0.1) is 0 Å². The second kappa shape index (κ2) is 32.5. The number of hydrogen-bond acceptors (Lipinski definition) is 4. The molecule has 0 saturated carbocycles.